The van der Waals surface area contributed by atoms with E-state index in [1.54, 1.807) is 0 Å². The summed E-state index contributed by atoms with van der Waals surface area (Å²) in [4.78, 5) is 0. The maximum absolute atomic E-state index is 3.69. The van der Waals surface area contributed by atoms with Gasteiger partial charge in [-0.05, 0) is 68.7 Å². The second-order valence-electron chi connectivity index (χ2n) is 7.01. The van der Waals surface area contributed by atoms with Crippen LogP contribution < -0.4 is 5.32 Å². The van der Waals surface area contributed by atoms with Crippen molar-refractivity contribution >= 4 is 0 Å². The van der Waals surface area contributed by atoms with Gasteiger partial charge in [-0.25, -0.2) is 0 Å². The van der Waals surface area contributed by atoms with Gasteiger partial charge in [0.15, 0.2) is 0 Å². The summed E-state index contributed by atoms with van der Waals surface area (Å²) in [5.41, 5.74) is 1.24. The average Bonchev–Trinajstić information content (AvgIpc) is 2.15. The van der Waals surface area contributed by atoms with Crippen LogP contribution in [-0.2, 0) is 0 Å². The fourth-order valence-electron chi connectivity index (χ4n) is 5.30. The van der Waals surface area contributed by atoms with Crippen LogP contribution in [0.25, 0.3) is 0 Å². The van der Waals surface area contributed by atoms with Gasteiger partial charge in [0, 0.05) is 5.54 Å². The molecule has 2 unspecified atom stereocenters. The Morgan fingerprint density at radius 1 is 1.07 bits per heavy atom. The molecule has 0 aromatic carbocycles. The smallest absolute Gasteiger partial charge is 0.0189 e. The van der Waals surface area contributed by atoms with E-state index in [1.807, 2.05) is 0 Å². The van der Waals surface area contributed by atoms with Gasteiger partial charge < -0.3 is 5.32 Å². The van der Waals surface area contributed by atoms with Gasteiger partial charge in [0.1, 0.15) is 0 Å². The molecule has 4 bridgehead atoms. The SMILES string of the molecule is CNC12C[C@H]3C[C@@H](C1)CC(C(C)C)(C3)C2. The Kier molecular flexibility index (Phi) is 2.03. The van der Waals surface area contributed by atoms with E-state index in [-0.39, 0.29) is 0 Å². The third-order valence-electron chi connectivity index (χ3n) is 5.86. The largest absolute Gasteiger partial charge is 0.314 e. The van der Waals surface area contributed by atoms with Crippen LogP contribution in [0.3, 0.4) is 0 Å². The molecule has 1 N–H and O–H groups in total. The van der Waals surface area contributed by atoms with Crippen LogP contribution >= 0.6 is 0 Å². The van der Waals surface area contributed by atoms with E-state index < -0.39 is 0 Å². The van der Waals surface area contributed by atoms with Crippen LogP contribution in [0.1, 0.15) is 52.4 Å². The first-order valence-electron chi connectivity index (χ1n) is 6.76. The fraction of sp³-hybridized carbons (Fsp3) is 1.00. The monoisotopic (exact) mass is 207 g/mol. The van der Waals surface area contributed by atoms with E-state index in [4.69, 9.17) is 0 Å². The van der Waals surface area contributed by atoms with Gasteiger partial charge in [-0.3, -0.25) is 0 Å². The van der Waals surface area contributed by atoms with Gasteiger partial charge in [0.25, 0.3) is 0 Å². The van der Waals surface area contributed by atoms with Crippen molar-refractivity contribution in [1.82, 2.24) is 5.32 Å². The van der Waals surface area contributed by atoms with Crippen LogP contribution in [0.2, 0.25) is 0 Å². The minimum absolute atomic E-state index is 0.536. The lowest BCUT2D eigenvalue weighted by atomic mass is 9.44. The molecule has 15 heavy (non-hydrogen) atoms. The maximum Gasteiger partial charge on any atom is 0.0189 e. The number of hydrogen-bond donors (Lipinski definition) is 1. The quantitative estimate of drug-likeness (QED) is 0.733. The van der Waals surface area contributed by atoms with E-state index >= 15 is 0 Å². The van der Waals surface area contributed by atoms with Crippen LogP contribution in [0.5, 0.6) is 0 Å². The molecule has 0 radical (unpaired) electrons. The summed E-state index contributed by atoms with van der Waals surface area (Å²) in [5, 5.41) is 3.69. The predicted octanol–water partition coefficient (Wildman–Crippen LogP) is 3.20. The van der Waals surface area contributed by atoms with Gasteiger partial charge in [-0.2, -0.15) is 0 Å². The second-order valence-corrected chi connectivity index (χ2v) is 7.01. The second kappa shape index (κ2) is 3.00. The third-order valence-corrected chi connectivity index (χ3v) is 5.86. The molecule has 1 nitrogen and oxygen atoms in total. The first kappa shape index (κ1) is 10.1. The lowest BCUT2D eigenvalue weighted by molar-refractivity contribution is -0.102. The summed E-state index contributed by atoms with van der Waals surface area (Å²) in [7, 11) is 2.20. The van der Waals surface area contributed by atoms with E-state index in [1.165, 1.54) is 38.5 Å². The van der Waals surface area contributed by atoms with Crippen LogP contribution in [0.15, 0.2) is 0 Å². The Morgan fingerprint density at radius 3 is 2.13 bits per heavy atom. The van der Waals surface area contributed by atoms with Crippen molar-refractivity contribution in [3.8, 4) is 0 Å². The lowest BCUT2D eigenvalue weighted by Crippen LogP contribution is -2.62. The fourth-order valence-corrected chi connectivity index (χ4v) is 5.30. The summed E-state index contributed by atoms with van der Waals surface area (Å²) >= 11 is 0. The zero-order chi connectivity index (χ0) is 10.7. The van der Waals surface area contributed by atoms with Crippen molar-refractivity contribution < 1.29 is 0 Å². The molecule has 4 aliphatic carbocycles. The van der Waals surface area contributed by atoms with Gasteiger partial charge in [0.2, 0.25) is 0 Å². The van der Waals surface area contributed by atoms with Crippen LogP contribution in [0, 0.1) is 23.2 Å². The van der Waals surface area contributed by atoms with Crippen molar-refractivity contribution in [1.29, 1.82) is 0 Å². The molecule has 1 heteroatoms. The molecule has 4 aliphatic rings. The average molecular weight is 207 g/mol. The highest BCUT2D eigenvalue weighted by Gasteiger charge is 2.57. The highest BCUT2D eigenvalue weighted by atomic mass is 15.0. The molecule has 4 fully saturated rings. The Labute approximate surface area is 94.0 Å². The summed E-state index contributed by atoms with van der Waals surface area (Å²) in [6.45, 7) is 4.91. The molecule has 4 rings (SSSR count). The van der Waals surface area contributed by atoms with E-state index in [2.05, 4.69) is 26.2 Å². The summed E-state index contributed by atoms with van der Waals surface area (Å²) in [6, 6.07) is 0. The normalized spacial score (nSPS) is 52.8. The van der Waals surface area contributed by atoms with E-state index in [0.717, 1.165) is 17.8 Å². The summed E-state index contributed by atoms with van der Waals surface area (Å²) < 4.78 is 0. The highest BCUT2D eigenvalue weighted by Crippen LogP contribution is 2.63. The van der Waals surface area contributed by atoms with Crippen molar-refractivity contribution in [2.45, 2.75) is 57.9 Å². The highest BCUT2D eigenvalue weighted by molar-refractivity contribution is 5.12. The van der Waals surface area contributed by atoms with Crippen molar-refractivity contribution in [3.05, 3.63) is 0 Å². The van der Waals surface area contributed by atoms with Crippen LogP contribution in [0.4, 0.5) is 0 Å². The predicted molar refractivity (Wildman–Crippen MR) is 63.7 cm³/mol. The molecule has 0 amide bonds. The minimum atomic E-state index is 0.536. The molecule has 86 valence electrons. The maximum atomic E-state index is 3.69. The zero-order valence-corrected chi connectivity index (χ0v) is 10.5. The zero-order valence-electron chi connectivity index (χ0n) is 10.5. The van der Waals surface area contributed by atoms with Crippen LogP contribution in [-0.4, -0.2) is 12.6 Å². The molecular formula is C14H25N. The number of rotatable bonds is 2. The molecular weight excluding hydrogens is 182 g/mol. The standard InChI is InChI=1S/C14H25N/c1-10(2)13-5-11-4-12(6-13)8-14(7-11,9-13)15-3/h10-12,15H,4-9H2,1-3H3/t11-,12+,13?,14?. The van der Waals surface area contributed by atoms with Gasteiger partial charge in [-0.1, -0.05) is 13.8 Å². The number of hydrogen-bond acceptors (Lipinski definition) is 1. The Morgan fingerprint density at radius 2 is 1.67 bits per heavy atom. The molecule has 0 aliphatic heterocycles. The molecule has 4 atom stereocenters. The Bertz CT molecular complexity index is 255. The van der Waals surface area contributed by atoms with Crippen molar-refractivity contribution in [2.75, 3.05) is 7.05 Å². The van der Waals surface area contributed by atoms with E-state index in [0.29, 0.717) is 11.0 Å². The Balaban J connectivity index is 1.95. The molecule has 0 heterocycles. The molecule has 0 aromatic heterocycles. The van der Waals surface area contributed by atoms with Gasteiger partial charge in [0.05, 0.1) is 0 Å². The third kappa shape index (κ3) is 1.32. The first-order chi connectivity index (χ1) is 7.07. The topological polar surface area (TPSA) is 12.0 Å². The van der Waals surface area contributed by atoms with Gasteiger partial charge in [-0.15, -0.1) is 0 Å². The van der Waals surface area contributed by atoms with Gasteiger partial charge >= 0.3 is 0 Å². The lowest BCUT2D eigenvalue weighted by Gasteiger charge is -2.63. The Hall–Kier alpha value is -0.0400. The molecule has 0 aromatic rings. The minimum Gasteiger partial charge on any atom is -0.314 e. The summed E-state index contributed by atoms with van der Waals surface area (Å²) in [6.07, 6.45) is 9.00. The molecule has 4 saturated carbocycles. The molecule has 0 saturated heterocycles. The van der Waals surface area contributed by atoms with Crippen molar-refractivity contribution in [2.24, 2.45) is 23.2 Å². The summed E-state index contributed by atoms with van der Waals surface area (Å²) in [5.74, 6) is 2.97. The number of nitrogens with one attached hydrogen (secondary N) is 1. The first-order valence-corrected chi connectivity index (χ1v) is 6.76. The molecule has 0 spiro atoms. The van der Waals surface area contributed by atoms with Crippen molar-refractivity contribution in [3.63, 3.8) is 0 Å². The van der Waals surface area contributed by atoms with E-state index in [9.17, 15) is 0 Å².